The number of hydrogen-bond donors (Lipinski definition) is 1. The number of nitrogens with two attached hydrogens (primary N) is 1. The lowest BCUT2D eigenvalue weighted by Crippen LogP contribution is -1.98. The van der Waals surface area contributed by atoms with E-state index in [0.29, 0.717) is 11.6 Å². The molecule has 0 spiro atoms. The van der Waals surface area contributed by atoms with Crippen molar-refractivity contribution in [2.24, 2.45) is 0 Å². The number of thiophene rings is 1. The zero-order chi connectivity index (χ0) is 10.8. The topological polar surface area (TPSA) is 51.8 Å². The highest BCUT2D eigenvalue weighted by atomic mass is 35.5. The van der Waals surface area contributed by atoms with E-state index in [-0.39, 0.29) is 0 Å². The van der Waals surface area contributed by atoms with Gasteiger partial charge in [-0.05, 0) is 18.6 Å². The van der Waals surface area contributed by atoms with Gasteiger partial charge >= 0.3 is 0 Å². The van der Waals surface area contributed by atoms with Crippen molar-refractivity contribution in [2.75, 3.05) is 5.73 Å². The Hall–Kier alpha value is -1.13. The van der Waals surface area contributed by atoms with Gasteiger partial charge in [0.25, 0.3) is 0 Å². The maximum absolute atomic E-state index is 5.86. The molecule has 2 heterocycles. The van der Waals surface area contributed by atoms with Gasteiger partial charge in [0.1, 0.15) is 5.82 Å². The van der Waals surface area contributed by atoms with Crippen LogP contribution in [-0.4, -0.2) is 9.97 Å². The van der Waals surface area contributed by atoms with E-state index >= 15 is 0 Å². The van der Waals surface area contributed by atoms with Gasteiger partial charge in [-0.25, -0.2) is 9.97 Å². The summed E-state index contributed by atoms with van der Waals surface area (Å²) < 4.78 is 0.731. The van der Waals surface area contributed by atoms with E-state index in [1.807, 2.05) is 19.1 Å². The van der Waals surface area contributed by atoms with Crippen LogP contribution in [0.4, 0.5) is 5.82 Å². The number of rotatable bonds is 2. The Kier molecular flexibility index (Phi) is 2.88. The Morgan fingerprint density at radius 1 is 1.40 bits per heavy atom. The fraction of sp³-hybridized carbons (Fsp3) is 0.200. The van der Waals surface area contributed by atoms with Gasteiger partial charge in [-0.2, -0.15) is 0 Å². The fourth-order valence-corrected chi connectivity index (χ4v) is 2.22. The molecule has 0 aliphatic heterocycles. The summed E-state index contributed by atoms with van der Waals surface area (Å²) in [5.41, 5.74) is 6.65. The van der Waals surface area contributed by atoms with Crippen molar-refractivity contribution in [3.8, 4) is 10.7 Å². The van der Waals surface area contributed by atoms with Crippen LogP contribution in [0.2, 0.25) is 4.34 Å². The van der Waals surface area contributed by atoms with Crippen LogP contribution in [0.1, 0.15) is 12.6 Å². The van der Waals surface area contributed by atoms with E-state index in [1.165, 1.54) is 11.3 Å². The Balaban J connectivity index is 2.48. The number of nitrogen functional groups attached to an aromatic ring is 1. The fourth-order valence-electron chi connectivity index (χ4n) is 1.24. The Morgan fingerprint density at radius 2 is 2.20 bits per heavy atom. The molecule has 0 aliphatic carbocycles. The molecule has 2 aromatic heterocycles. The molecule has 0 aromatic carbocycles. The summed E-state index contributed by atoms with van der Waals surface area (Å²) >= 11 is 7.31. The first-order valence-electron chi connectivity index (χ1n) is 4.58. The van der Waals surface area contributed by atoms with Crippen LogP contribution in [0.25, 0.3) is 10.7 Å². The summed E-state index contributed by atoms with van der Waals surface area (Å²) in [5, 5.41) is 0. The molecule has 15 heavy (non-hydrogen) atoms. The van der Waals surface area contributed by atoms with Gasteiger partial charge in [0.2, 0.25) is 0 Å². The second-order valence-corrected chi connectivity index (χ2v) is 4.78. The lowest BCUT2D eigenvalue weighted by molar-refractivity contribution is 1.01. The van der Waals surface area contributed by atoms with E-state index in [9.17, 15) is 0 Å². The molecular weight excluding hydrogens is 230 g/mol. The molecule has 2 rings (SSSR count). The minimum atomic E-state index is 0.501. The van der Waals surface area contributed by atoms with Crippen molar-refractivity contribution >= 4 is 28.8 Å². The smallest absolute Gasteiger partial charge is 0.171 e. The van der Waals surface area contributed by atoms with Crippen LogP contribution >= 0.6 is 22.9 Å². The predicted octanol–water partition coefficient (Wildman–Crippen LogP) is 3.00. The summed E-state index contributed by atoms with van der Waals surface area (Å²) in [5.74, 6) is 1.16. The third kappa shape index (κ3) is 2.27. The minimum Gasteiger partial charge on any atom is -0.384 e. The van der Waals surface area contributed by atoms with Gasteiger partial charge in [0, 0.05) is 11.8 Å². The first kappa shape index (κ1) is 10.4. The maximum atomic E-state index is 5.86. The highest BCUT2D eigenvalue weighted by Gasteiger charge is 2.06. The van der Waals surface area contributed by atoms with Crippen molar-refractivity contribution in [3.63, 3.8) is 0 Å². The van der Waals surface area contributed by atoms with Gasteiger partial charge in [-0.15, -0.1) is 11.3 Å². The summed E-state index contributed by atoms with van der Waals surface area (Å²) in [6, 6.07) is 5.53. The Bertz CT molecular complexity index is 481. The molecule has 2 aromatic rings. The first-order chi connectivity index (χ1) is 7.19. The van der Waals surface area contributed by atoms with E-state index in [0.717, 1.165) is 21.3 Å². The van der Waals surface area contributed by atoms with Crippen molar-refractivity contribution in [1.82, 2.24) is 9.97 Å². The summed E-state index contributed by atoms with van der Waals surface area (Å²) in [6.45, 7) is 2.03. The Labute approximate surface area is 96.9 Å². The van der Waals surface area contributed by atoms with Crippen LogP contribution in [0, 0.1) is 0 Å². The monoisotopic (exact) mass is 239 g/mol. The average molecular weight is 240 g/mol. The zero-order valence-electron chi connectivity index (χ0n) is 8.20. The zero-order valence-corrected chi connectivity index (χ0v) is 9.77. The van der Waals surface area contributed by atoms with E-state index < -0.39 is 0 Å². The standard InChI is InChI=1S/C10H10ClN3S/c1-2-6-5-9(12)14-10(13-6)7-3-4-8(11)15-7/h3-5H,2H2,1H3,(H2,12,13,14). The molecule has 5 heteroatoms. The van der Waals surface area contributed by atoms with Crippen LogP contribution in [0.5, 0.6) is 0 Å². The minimum absolute atomic E-state index is 0.501. The lowest BCUT2D eigenvalue weighted by atomic mass is 10.3. The predicted molar refractivity (Wildman–Crippen MR) is 64.1 cm³/mol. The van der Waals surface area contributed by atoms with E-state index in [2.05, 4.69) is 9.97 Å². The lowest BCUT2D eigenvalue weighted by Gasteiger charge is -2.01. The van der Waals surface area contributed by atoms with Crippen molar-refractivity contribution in [1.29, 1.82) is 0 Å². The number of anilines is 1. The molecule has 0 aliphatic rings. The molecule has 0 saturated heterocycles. The number of hydrogen-bond acceptors (Lipinski definition) is 4. The Morgan fingerprint density at radius 3 is 2.80 bits per heavy atom. The molecular formula is C10H10ClN3S. The largest absolute Gasteiger partial charge is 0.384 e. The molecule has 3 nitrogen and oxygen atoms in total. The molecule has 0 atom stereocenters. The van der Waals surface area contributed by atoms with Crippen molar-refractivity contribution < 1.29 is 0 Å². The van der Waals surface area contributed by atoms with Gasteiger partial charge < -0.3 is 5.73 Å². The molecule has 0 unspecified atom stereocenters. The van der Waals surface area contributed by atoms with Crippen LogP contribution in [0.15, 0.2) is 18.2 Å². The van der Waals surface area contributed by atoms with Crippen LogP contribution in [0.3, 0.4) is 0 Å². The van der Waals surface area contributed by atoms with Gasteiger partial charge in [-0.1, -0.05) is 18.5 Å². The molecule has 0 bridgehead atoms. The number of nitrogens with zero attached hydrogens (tertiary/aromatic N) is 2. The summed E-state index contributed by atoms with van der Waals surface area (Å²) in [4.78, 5) is 9.53. The van der Waals surface area contributed by atoms with Gasteiger partial charge in [-0.3, -0.25) is 0 Å². The number of aromatic nitrogens is 2. The van der Waals surface area contributed by atoms with E-state index in [4.69, 9.17) is 17.3 Å². The van der Waals surface area contributed by atoms with Crippen molar-refractivity contribution in [2.45, 2.75) is 13.3 Å². The first-order valence-corrected chi connectivity index (χ1v) is 5.77. The van der Waals surface area contributed by atoms with Crippen LogP contribution < -0.4 is 5.73 Å². The average Bonchev–Trinajstić information content (AvgIpc) is 2.64. The second-order valence-electron chi connectivity index (χ2n) is 3.07. The van der Waals surface area contributed by atoms with Gasteiger partial charge in [0.15, 0.2) is 5.82 Å². The van der Waals surface area contributed by atoms with Crippen molar-refractivity contribution in [3.05, 3.63) is 28.2 Å². The summed E-state index contributed by atoms with van der Waals surface area (Å²) in [6.07, 6.45) is 0.846. The SMILES string of the molecule is CCc1cc(N)nc(-c2ccc(Cl)s2)n1. The highest BCUT2D eigenvalue weighted by Crippen LogP contribution is 2.29. The molecule has 0 saturated carbocycles. The highest BCUT2D eigenvalue weighted by molar-refractivity contribution is 7.19. The molecule has 0 amide bonds. The number of halogens is 1. The third-order valence-electron chi connectivity index (χ3n) is 1.95. The number of aryl methyl sites for hydroxylation is 1. The maximum Gasteiger partial charge on any atom is 0.171 e. The van der Waals surface area contributed by atoms with E-state index in [1.54, 1.807) is 6.07 Å². The molecule has 0 radical (unpaired) electrons. The quantitative estimate of drug-likeness (QED) is 0.877. The summed E-state index contributed by atoms with van der Waals surface area (Å²) in [7, 11) is 0. The second kappa shape index (κ2) is 4.16. The normalized spacial score (nSPS) is 10.5. The molecule has 2 N–H and O–H groups in total. The third-order valence-corrected chi connectivity index (χ3v) is 3.18. The molecule has 78 valence electrons. The molecule has 0 fully saturated rings. The van der Waals surface area contributed by atoms with Crippen LogP contribution in [-0.2, 0) is 6.42 Å². The van der Waals surface area contributed by atoms with Gasteiger partial charge in [0.05, 0.1) is 9.21 Å².